The summed E-state index contributed by atoms with van der Waals surface area (Å²) in [4.78, 5) is 22.9. The fraction of sp³-hybridized carbons (Fsp3) is 0.467. The summed E-state index contributed by atoms with van der Waals surface area (Å²) in [6.07, 6.45) is 0.794. The molecule has 0 saturated heterocycles. The van der Waals surface area contributed by atoms with Gasteiger partial charge in [0.05, 0.1) is 0 Å². The Morgan fingerprint density at radius 1 is 1.14 bits per heavy atom. The van der Waals surface area contributed by atoms with E-state index in [-0.39, 0.29) is 11.9 Å². The van der Waals surface area contributed by atoms with Gasteiger partial charge in [0.1, 0.15) is 0 Å². The molecule has 0 bridgehead atoms. The number of nitrogens with one attached hydrogen (secondary N) is 3. The van der Waals surface area contributed by atoms with Gasteiger partial charge in [-0.05, 0) is 31.0 Å². The van der Waals surface area contributed by atoms with Gasteiger partial charge in [-0.2, -0.15) is 0 Å². The molecular weight excluding hydrogens is 270 g/mol. The molecule has 116 valence electrons. The quantitative estimate of drug-likeness (QED) is 0.632. The Balaban J connectivity index is 2.25. The monoisotopic (exact) mass is 293 g/mol. The zero-order valence-corrected chi connectivity index (χ0v) is 12.6. The molecule has 21 heavy (non-hydrogen) atoms. The number of rotatable bonds is 8. The molecule has 0 unspecified atom stereocenters. The average Bonchev–Trinajstić information content (AvgIpc) is 2.52. The number of hydrogen-bond donors (Lipinski definition) is 3. The third-order valence-electron chi connectivity index (χ3n) is 2.85. The Bertz CT molecular complexity index is 446. The topological polar surface area (TPSA) is 79.5 Å². The maximum Gasteiger partial charge on any atom is 0.315 e. The number of benzene rings is 1. The number of carbonyl (C=O) groups excluding carboxylic acids is 2. The Morgan fingerprint density at radius 2 is 1.86 bits per heavy atom. The van der Waals surface area contributed by atoms with Crippen LogP contribution >= 0.6 is 0 Å². The molecule has 0 saturated carbocycles. The molecule has 1 aromatic carbocycles. The Morgan fingerprint density at radius 3 is 2.48 bits per heavy atom. The van der Waals surface area contributed by atoms with E-state index in [1.165, 1.54) is 0 Å². The first-order valence-electron chi connectivity index (χ1n) is 7.07. The summed E-state index contributed by atoms with van der Waals surface area (Å²) in [5, 5.41) is 8.08. The van der Waals surface area contributed by atoms with E-state index in [1.54, 1.807) is 19.2 Å². The predicted molar refractivity (Wildman–Crippen MR) is 81.2 cm³/mol. The van der Waals surface area contributed by atoms with E-state index in [0.29, 0.717) is 31.9 Å². The van der Waals surface area contributed by atoms with Gasteiger partial charge in [-0.25, -0.2) is 4.79 Å². The number of amides is 3. The van der Waals surface area contributed by atoms with E-state index in [1.807, 2.05) is 19.1 Å². The highest BCUT2D eigenvalue weighted by Gasteiger charge is 2.03. The predicted octanol–water partition coefficient (Wildman–Crippen LogP) is 1.27. The Labute approximate surface area is 125 Å². The molecule has 0 aromatic heterocycles. The molecule has 1 aromatic rings. The van der Waals surface area contributed by atoms with Crippen LogP contribution in [0, 0.1) is 0 Å². The summed E-state index contributed by atoms with van der Waals surface area (Å²) in [6.45, 7) is 4.29. The summed E-state index contributed by atoms with van der Waals surface area (Å²) in [6, 6.07) is 6.90. The fourth-order valence-corrected chi connectivity index (χ4v) is 1.68. The number of hydrogen-bond acceptors (Lipinski definition) is 3. The van der Waals surface area contributed by atoms with Gasteiger partial charge in [0.2, 0.25) is 0 Å². The van der Waals surface area contributed by atoms with Crippen LogP contribution in [-0.2, 0) is 11.3 Å². The second kappa shape index (κ2) is 9.77. The van der Waals surface area contributed by atoms with Crippen LogP contribution in [0.2, 0.25) is 0 Å². The highest BCUT2D eigenvalue weighted by atomic mass is 16.5. The van der Waals surface area contributed by atoms with E-state index >= 15 is 0 Å². The van der Waals surface area contributed by atoms with Crippen LogP contribution in [0.15, 0.2) is 24.3 Å². The Hall–Kier alpha value is -2.08. The van der Waals surface area contributed by atoms with Gasteiger partial charge in [-0.1, -0.05) is 12.1 Å². The van der Waals surface area contributed by atoms with Crippen molar-refractivity contribution in [1.82, 2.24) is 16.0 Å². The zero-order valence-electron chi connectivity index (χ0n) is 12.6. The summed E-state index contributed by atoms with van der Waals surface area (Å²) in [5.41, 5.74) is 1.54. The van der Waals surface area contributed by atoms with Crippen molar-refractivity contribution in [2.24, 2.45) is 0 Å². The molecule has 6 heteroatoms. The molecule has 0 aliphatic rings. The van der Waals surface area contributed by atoms with Gasteiger partial charge in [-0.15, -0.1) is 0 Å². The van der Waals surface area contributed by atoms with E-state index < -0.39 is 0 Å². The second-order valence-corrected chi connectivity index (χ2v) is 4.44. The van der Waals surface area contributed by atoms with Gasteiger partial charge in [0.25, 0.3) is 5.91 Å². The third-order valence-corrected chi connectivity index (χ3v) is 2.85. The van der Waals surface area contributed by atoms with Gasteiger partial charge in [0.15, 0.2) is 0 Å². The minimum Gasteiger partial charge on any atom is -0.382 e. The number of ether oxygens (including phenoxy) is 1. The van der Waals surface area contributed by atoms with Gasteiger partial charge in [0, 0.05) is 38.9 Å². The molecule has 0 heterocycles. The molecule has 0 fully saturated rings. The van der Waals surface area contributed by atoms with Gasteiger partial charge in [-0.3, -0.25) is 4.79 Å². The minimum absolute atomic E-state index is 0.124. The number of urea groups is 1. The van der Waals surface area contributed by atoms with Crippen molar-refractivity contribution in [2.75, 3.05) is 26.8 Å². The zero-order chi connectivity index (χ0) is 15.5. The van der Waals surface area contributed by atoms with E-state index in [0.717, 1.165) is 12.0 Å². The summed E-state index contributed by atoms with van der Waals surface area (Å²) in [7, 11) is 1.59. The number of carbonyl (C=O) groups is 2. The highest BCUT2D eigenvalue weighted by Crippen LogP contribution is 2.04. The van der Waals surface area contributed by atoms with Crippen molar-refractivity contribution in [3.63, 3.8) is 0 Å². The van der Waals surface area contributed by atoms with Crippen molar-refractivity contribution in [1.29, 1.82) is 0 Å². The van der Waals surface area contributed by atoms with Crippen molar-refractivity contribution in [3.8, 4) is 0 Å². The normalized spacial score (nSPS) is 10.0. The van der Waals surface area contributed by atoms with Crippen LogP contribution in [0.4, 0.5) is 4.79 Å². The SMILES string of the molecule is CCOCCCNC(=O)NCc1ccc(C(=O)NC)cc1. The molecule has 6 nitrogen and oxygen atoms in total. The largest absolute Gasteiger partial charge is 0.382 e. The lowest BCUT2D eigenvalue weighted by Gasteiger charge is -2.08. The van der Waals surface area contributed by atoms with E-state index in [9.17, 15) is 9.59 Å². The first kappa shape index (κ1) is 17.0. The van der Waals surface area contributed by atoms with Crippen LogP contribution in [0.25, 0.3) is 0 Å². The second-order valence-electron chi connectivity index (χ2n) is 4.44. The van der Waals surface area contributed by atoms with Crippen LogP contribution in [0.5, 0.6) is 0 Å². The van der Waals surface area contributed by atoms with Crippen LogP contribution in [0.1, 0.15) is 29.3 Å². The lowest BCUT2D eigenvalue weighted by Crippen LogP contribution is -2.35. The van der Waals surface area contributed by atoms with E-state index in [4.69, 9.17) is 4.74 Å². The Kier molecular flexibility index (Phi) is 7.89. The summed E-state index contributed by atoms with van der Waals surface area (Å²) >= 11 is 0. The maximum absolute atomic E-state index is 11.5. The van der Waals surface area contributed by atoms with Crippen molar-refractivity contribution >= 4 is 11.9 Å². The van der Waals surface area contributed by atoms with Crippen LogP contribution < -0.4 is 16.0 Å². The molecule has 0 atom stereocenters. The molecule has 0 aliphatic carbocycles. The highest BCUT2D eigenvalue weighted by molar-refractivity contribution is 5.93. The minimum atomic E-state index is -0.207. The standard InChI is InChI=1S/C15H23N3O3/c1-3-21-10-4-9-17-15(20)18-11-12-5-7-13(8-6-12)14(19)16-2/h5-8H,3-4,9-11H2,1-2H3,(H,16,19)(H2,17,18,20). The molecule has 0 spiro atoms. The third kappa shape index (κ3) is 6.76. The molecule has 3 amide bonds. The first-order chi connectivity index (χ1) is 10.2. The summed E-state index contributed by atoms with van der Waals surface area (Å²) in [5.74, 6) is -0.124. The molecule has 1 rings (SSSR count). The lowest BCUT2D eigenvalue weighted by atomic mass is 10.1. The average molecular weight is 293 g/mol. The van der Waals surface area contributed by atoms with Crippen LogP contribution in [0.3, 0.4) is 0 Å². The van der Waals surface area contributed by atoms with Gasteiger partial charge < -0.3 is 20.7 Å². The van der Waals surface area contributed by atoms with Gasteiger partial charge >= 0.3 is 6.03 Å². The fourth-order valence-electron chi connectivity index (χ4n) is 1.68. The summed E-state index contributed by atoms with van der Waals surface area (Å²) < 4.78 is 5.18. The van der Waals surface area contributed by atoms with Crippen molar-refractivity contribution in [2.45, 2.75) is 19.9 Å². The molecular formula is C15H23N3O3. The van der Waals surface area contributed by atoms with Crippen molar-refractivity contribution in [3.05, 3.63) is 35.4 Å². The smallest absolute Gasteiger partial charge is 0.315 e. The van der Waals surface area contributed by atoms with Crippen molar-refractivity contribution < 1.29 is 14.3 Å². The first-order valence-corrected chi connectivity index (χ1v) is 7.07. The molecule has 0 radical (unpaired) electrons. The van der Waals surface area contributed by atoms with E-state index in [2.05, 4.69) is 16.0 Å². The van der Waals surface area contributed by atoms with Crippen LogP contribution in [-0.4, -0.2) is 38.7 Å². The molecule has 0 aliphatic heterocycles. The maximum atomic E-state index is 11.5. The lowest BCUT2D eigenvalue weighted by molar-refractivity contribution is 0.0963. The molecule has 3 N–H and O–H groups in total.